The van der Waals surface area contributed by atoms with Crippen molar-refractivity contribution in [1.29, 1.82) is 0 Å². The Kier molecular flexibility index (Phi) is 6.99. The third kappa shape index (κ3) is 5.29. The second kappa shape index (κ2) is 8.99. The van der Waals surface area contributed by atoms with Gasteiger partial charge in [0.15, 0.2) is 0 Å². The summed E-state index contributed by atoms with van der Waals surface area (Å²) in [6.07, 6.45) is 3.59. The first-order valence-corrected chi connectivity index (χ1v) is 9.55. The van der Waals surface area contributed by atoms with Crippen molar-refractivity contribution in [3.05, 3.63) is 16.0 Å². The van der Waals surface area contributed by atoms with Crippen molar-refractivity contribution in [2.45, 2.75) is 58.8 Å². The van der Waals surface area contributed by atoms with Crippen LogP contribution in [0.1, 0.15) is 66.8 Å². The van der Waals surface area contributed by atoms with Gasteiger partial charge < -0.3 is 20.0 Å². The van der Waals surface area contributed by atoms with E-state index in [0.29, 0.717) is 23.1 Å². The molecule has 2 rings (SSSR count). The first-order valence-electron chi connectivity index (χ1n) is 8.73. The van der Waals surface area contributed by atoms with Gasteiger partial charge in [-0.15, -0.1) is 11.3 Å². The maximum Gasteiger partial charge on any atom is 0.341 e. The third-order valence-electron chi connectivity index (χ3n) is 4.19. The molecular formula is C18H24NO5S-. The van der Waals surface area contributed by atoms with Crippen LogP contribution in [-0.4, -0.2) is 24.5 Å². The lowest BCUT2D eigenvalue weighted by Crippen LogP contribution is -2.22. The molecule has 1 atom stereocenters. The molecule has 25 heavy (non-hydrogen) atoms. The number of carbonyl (C=O) groups excluding carboxylic acids is 3. The van der Waals surface area contributed by atoms with Crippen LogP contribution in [-0.2, 0) is 27.2 Å². The number of carboxylic acids is 1. The number of anilines is 1. The van der Waals surface area contributed by atoms with Gasteiger partial charge in [0.05, 0.1) is 12.2 Å². The van der Waals surface area contributed by atoms with Crippen molar-refractivity contribution in [3.63, 3.8) is 0 Å². The van der Waals surface area contributed by atoms with Gasteiger partial charge in [0.25, 0.3) is 0 Å². The molecule has 1 aliphatic carbocycles. The molecule has 0 saturated heterocycles. The van der Waals surface area contributed by atoms with Crippen molar-refractivity contribution < 1.29 is 24.2 Å². The van der Waals surface area contributed by atoms with Crippen LogP contribution in [0.2, 0.25) is 0 Å². The lowest BCUT2D eigenvalue weighted by molar-refractivity contribution is -0.305. The quantitative estimate of drug-likeness (QED) is 0.712. The van der Waals surface area contributed by atoms with Gasteiger partial charge in [-0.2, -0.15) is 0 Å². The second-order valence-electron chi connectivity index (χ2n) is 6.47. The predicted molar refractivity (Wildman–Crippen MR) is 93.6 cm³/mol. The summed E-state index contributed by atoms with van der Waals surface area (Å²) < 4.78 is 5.29. The minimum absolute atomic E-state index is 0.0798. The molecule has 1 heterocycles. The van der Waals surface area contributed by atoms with E-state index in [1.165, 1.54) is 11.3 Å². The molecular weight excluding hydrogens is 342 g/mol. The molecule has 1 aromatic heterocycles. The molecule has 7 heteroatoms. The van der Waals surface area contributed by atoms with Crippen molar-refractivity contribution in [1.82, 2.24) is 0 Å². The van der Waals surface area contributed by atoms with Crippen molar-refractivity contribution >= 4 is 34.2 Å². The highest BCUT2D eigenvalue weighted by Gasteiger charge is 2.29. The number of rotatable bonds is 8. The number of ether oxygens (including phenoxy) is 1. The van der Waals surface area contributed by atoms with E-state index in [1.54, 1.807) is 0 Å². The predicted octanol–water partition coefficient (Wildman–Crippen LogP) is 2.30. The number of amides is 1. The molecule has 0 radical (unpaired) electrons. The minimum Gasteiger partial charge on any atom is -0.550 e. The molecule has 0 spiro atoms. The van der Waals surface area contributed by atoms with Crippen molar-refractivity contribution in [3.8, 4) is 0 Å². The number of thiophene rings is 1. The standard InChI is InChI=1S/C18H25NO5S/c1-3-9-24-18(23)16-12-8-7-11(2)10-13(12)25-17(16)19-14(20)5-4-6-15(21)22/h11H,3-10H2,1-2H3,(H,19,20)(H,21,22)/p-1/t11-/m0/s1. The fraction of sp³-hybridized carbons (Fsp3) is 0.611. The van der Waals surface area contributed by atoms with E-state index >= 15 is 0 Å². The monoisotopic (exact) mass is 366 g/mol. The number of esters is 1. The van der Waals surface area contributed by atoms with Crippen LogP contribution < -0.4 is 10.4 Å². The minimum atomic E-state index is -1.17. The van der Waals surface area contributed by atoms with Gasteiger partial charge in [0, 0.05) is 17.3 Å². The van der Waals surface area contributed by atoms with Crippen LogP contribution in [0.5, 0.6) is 0 Å². The fourth-order valence-electron chi connectivity index (χ4n) is 2.90. The molecule has 0 fully saturated rings. The maximum atomic E-state index is 12.5. The normalized spacial score (nSPS) is 16.2. The van der Waals surface area contributed by atoms with Crippen molar-refractivity contribution in [2.24, 2.45) is 5.92 Å². The van der Waals surface area contributed by atoms with E-state index in [4.69, 9.17) is 4.74 Å². The SMILES string of the molecule is CCCOC(=O)c1c(NC(=O)CCCC(=O)[O-])sc2c1CC[C@H](C)C2. The summed E-state index contributed by atoms with van der Waals surface area (Å²) in [7, 11) is 0. The zero-order chi connectivity index (χ0) is 18.4. The number of carboxylic acid groups (broad SMARTS) is 1. The third-order valence-corrected chi connectivity index (χ3v) is 5.36. The molecule has 138 valence electrons. The summed E-state index contributed by atoms with van der Waals surface area (Å²) in [6.45, 7) is 4.45. The van der Waals surface area contributed by atoms with Crippen LogP contribution in [0.4, 0.5) is 5.00 Å². The van der Waals surface area contributed by atoms with Gasteiger partial charge in [0.1, 0.15) is 5.00 Å². The Morgan fingerprint density at radius 1 is 1.32 bits per heavy atom. The number of aliphatic carboxylic acids is 1. The number of nitrogens with one attached hydrogen (secondary N) is 1. The molecule has 0 saturated carbocycles. The summed E-state index contributed by atoms with van der Waals surface area (Å²) in [5, 5.41) is 13.7. The van der Waals surface area contributed by atoms with Crippen molar-refractivity contribution in [2.75, 3.05) is 11.9 Å². The van der Waals surface area contributed by atoms with Crippen LogP contribution in [0.25, 0.3) is 0 Å². The second-order valence-corrected chi connectivity index (χ2v) is 7.57. The summed E-state index contributed by atoms with van der Waals surface area (Å²) >= 11 is 1.43. The number of carbonyl (C=O) groups is 3. The van der Waals surface area contributed by atoms with E-state index in [9.17, 15) is 19.5 Å². The summed E-state index contributed by atoms with van der Waals surface area (Å²) in [5.74, 6) is -1.30. The Hall–Kier alpha value is -1.89. The lowest BCUT2D eigenvalue weighted by atomic mass is 9.88. The van der Waals surface area contributed by atoms with Gasteiger partial charge in [0.2, 0.25) is 5.91 Å². The van der Waals surface area contributed by atoms with Crippen LogP contribution in [0.3, 0.4) is 0 Å². The maximum absolute atomic E-state index is 12.5. The average Bonchev–Trinajstić information content (AvgIpc) is 2.88. The molecule has 1 N–H and O–H groups in total. The summed E-state index contributed by atoms with van der Waals surface area (Å²) in [5.41, 5.74) is 1.47. The summed E-state index contributed by atoms with van der Waals surface area (Å²) in [4.78, 5) is 36.1. The molecule has 0 aromatic carbocycles. The zero-order valence-corrected chi connectivity index (χ0v) is 15.5. The molecule has 1 aromatic rings. The smallest absolute Gasteiger partial charge is 0.341 e. The average molecular weight is 366 g/mol. The van der Waals surface area contributed by atoms with Crippen LogP contribution in [0.15, 0.2) is 0 Å². The molecule has 6 nitrogen and oxygen atoms in total. The van der Waals surface area contributed by atoms with Crippen LogP contribution in [0, 0.1) is 5.92 Å². The number of hydrogen-bond donors (Lipinski definition) is 1. The number of fused-ring (bicyclic) bond motifs is 1. The lowest BCUT2D eigenvalue weighted by Gasteiger charge is -2.18. The zero-order valence-electron chi connectivity index (χ0n) is 14.7. The first-order chi connectivity index (χ1) is 11.9. The molecule has 1 amide bonds. The Morgan fingerprint density at radius 2 is 2.08 bits per heavy atom. The van der Waals surface area contributed by atoms with Gasteiger partial charge in [-0.25, -0.2) is 4.79 Å². The molecule has 1 aliphatic rings. The fourth-order valence-corrected chi connectivity index (χ4v) is 4.32. The van der Waals surface area contributed by atoms with E-state index in [1.807, 2.05) is 6.92 Å². The van der Waals surface area contributed by atoms with E-state index in [0.717, 1.165) is 36.1 Å². The summed E-state index contributed by atoms with van der Waals surface area (Å²) in [6, 6.07) is 0. The van der Waals surface area contributed by atoms with E-state index in [-0.39, 0.29) is 31.1 Å². The topological polar surface area (TPSA) is 95.5 Å². The highest BCUT2D eigenvalue weighted by molar-refractivity contribution is 7.17. The van der Waals surface area contributed by atoms with Gasteiger partial charge in [-0.1, -0.05) is 13.8 Å². The Balaban J connectivity index is 2.16. The number of hydrogen-bond acceptors (Lipinski definition) is 6. The Morgan fingerprint density at radius 3 is 2.76 bits per heavy atom. The highest BCUT2D eigenvalue weighted by atomic mass is 32.1. The molecule has 0 bridgehead atoms. The largest absolute Gasteiger partial charge is 0.550 e. The first kappa shape index (κ1) is 19.4. The van der Waals surface area contributed by atoms with Gasteiger partial charge in [-0.3, -0.25) is 4.79 Å². The van der Waals surface area contributed by atoms with E-state index < -0.39 is 5.97 Å². The van der Waals surface area contributed by atoms with Crippen LogP contribution >= 0.6 is 11.3 Å². The molecule has 0 aliphatic heterocycles. The highest BCUT2D eigenvalue weighted by Crippen LogP contribution is 2.40. The van der Waals surface area contributed by atoms with E-state index in [2.05, 4.69) is 12.2 Å². The van der Waals surface area contributed by atoms with Gasteiger partial charge in [-0.05, 0) is 50.0 Å². The molecule has 0 unspecified atom stereocenters. The Bertz CT molecular complexity index is 652. The van der Waals surface area contributed by atoms with Gasteiger partial charge >= 0.3 is 5.97 Å². The Labute approximate surface area is 151 Å².